The summed E-state index contributed by atoms with van der Waals surface area (Å²) in [5.41, 5.74) is 0.527. The lowest BCUT2D eigenvalue weighted by Crippen LogP contribution is -2.13. The summed E-state index contributed by atoms with van der Waals surface area (Å²) in [4.78, 5) is 4.08. The summed E-state index contributed by atoms with van der Waals surface area (Å²) >= 11 is 12.0. The van der Waals surface area contributed by atoms with Crippen molar-refractivity contribution < 1.29 is 5.11 Å². The largest absolute Gasteiger partial charge is 0.380 e. The Hall–Kier alpha value is -1.10. The third-order valence-corrected chi connectivity index (χ3v) is 3.44. The topological polar surface area (TPSA) is 50.9 Å². The van der Waals surface area contributed by atoms with E-state index in [1.54, 1.807) is 22.9 Å². The van der Waals surface area contributed by atoms with Gasteiger partial charge < -0.3 is 5.11 Å². The third kappa shape index (κ3) is 2.36. The van der Waals surface area contributed by atoms with Gasteiger partial charge in [-0.2, -0.15) is 5.10 Å². The molecule has 0 spiro atoms. The van der Waals surface area contributed by atoms with Gasteiger partial charge in [0.25, 0.3) is 0 Å². The van der Waals surface area contributed by atoms with Gasteiger partial charge in [0.2, 0.25) is 0 Å². The first-order chi connectivity index (χ1) is 8.52. The SMILES string of the molecule is CC(C)n1ncnc1C(O)c1cccc(Cl)c1Cl. The second-order valence-electron chi connectivity index (χ2n) is 4.20. The van der Waals surface area contributed by atoms with E-state index in [4.69, 9.17) is 23.2 Å². The average Bonchev–Trinajstić information content (AvgIpc) is 2.81. The third-order valence-electron chi connectivity index (χ3n) is 2.61. The van der Waals surface area contributed by atoms with Crippen LogP contribution in [0.25, 0.3) is 0 Å². The quantitative estimate of drug-likeness (QED) is 0.942. The molecule has 1 N–H and O–H groups in total. The van der Waals surface area contributed by atoms with Gasteiger partial charge >= 0.3 is 0 Å². The number of aliphatic hydroxyl groups is 1. The van der Waals surface area contributed by atoms with Crippen molar-refractivity contribution in [2.75, 3.05) is 0 Å². The molecule has 0 fully saturated rings. The molecule has 4 nitrogen and oxygen atoms in total. The molecule has 0 bridgehead atoms. The molecule has 1 atom stereocenters. The zero-order chi connectivity index (χ0) is 13.3. The molecule has 0 aliphatic rings. The maximum absolute atomic E-state index is 10.3. The predicted octanol–water partition coefficient (Wildman–Crippen LogP) is 3.25. The van der Waals surface area contributed by atoms with Crippen molar-refractivity contribution in [3.8, 4) is 0 Å². The highest BCUT2D eigenvalue weighted by Gasteiger charge is 2.21. The molecule has 0 amide bonds. The van der Waals surface area contributed by atoms with Crippen LogP contribution in [0.2, 0.25) is 10.0 Å². The van der Waals surface area contributed by atoms with Crippen molar-refractivity contribution in [3.05, 3.63) is 46.0 Å². The number of aromatic nitrogens is 3. The lowest BCUT2D eigenvalue weighted by molar-refractivity contribution is 0.200. The molecule has 0 aliphatic carbocycles. The van der Waals surface area contributed by atoms with Gasteiger partial charge in [0, 0.05) is 11.6 Å². The summed E-state index contributed by atoms with van der Waals surface area (Å²) < 4.78 is 1.65. The van der Waals surface area contributed by atoms with E-state index in [1.165, 1.54) is 6.33 Å². The van der Waals surface area contributed by atoms with Crippen LogP contribution in [0, 0.1) is 0 Å². The molecular formula is C12H13Cl2N3O. The summed E-state index contributed by atoms with van der Waals surface area (Å²) in [7, 11) is 0. The molecule has 0 radical (unpaired) electrons. The Labute approximate surface area is 115 Å². The Morgan fingerprint density at radius 2 is 2.00 bits per heavy atom. The molecule has 18 heavy (non-hydrogen) atoms. The Bertz CT molecular complexity index is 554. The van der Waals surface area contributed by atoms with Gasteiger partial charge in [-0.15, -0.1) is 0 Å². The van der Waals surface area contributed by atoms with Crippen LogP contribution in [-0.2, 0) is 0 Å². The molecule has 0 aliphatic heterocycles. The molecule has 1 aromatic heterocycles. The van der Waals surface area contributed by atoms with E-state index in [-0.39, 0.29) is 6.04 Å². The first-order valence-electron chi connectivity index (χ1n) is 5.53. The van der Waals surface area contributed by atoms with Gasteiger partial charge in [-0.05, 0) is 19.9 Å². The molecule has 0 saturated heterocycles. The molecule has 96 valence electrons. The van der Waals surface area contributed by atoms with Crippen molar-refractivity contribution in [2.45, 2.75) is 26.0 Å². The lowest BCUT2D eigenvalue weighted by Gasteiger charge is -2.16. The number of nitrogens with zero attached hydrogens (tertiary/aromatic N) is 3. The monoisotopic (exact) mass is 285 g/mol. The van der Waals surface area contributed by atoms with Crippen molar-refractivity contribution >= 4 is 23.2 Å². The number of halogens is 2. The van der Waals surface area contributed by atoms with E-state index in [0.29, 0.717) is 21.4 Å². The summed E-state index contributed by atoms with van der Waals surface area (Å²) in [6.07, 6.45) is 0.470. The minimum Gasteiger partial charge on any atom is -0.380 e. The fourth-order valence-electron chi connectivity index (χ4n) is 1.72. The molecule has 2 rings (SSSR count). The number of hydrogen-bond donors (Lipinski definition) is 1. The van der Waals surface area contributed by atoms with Gasteiger partial charge in [-0.1, -0.05) is 35.3 Å². The zero-order valence-electron chi connectivity index (χ0n) is 10.0. The predicted molar refractivity (Wildman–Crippen MR) is 70.9 cm³/mol. The highest BCUT2D eigenvalue weighted by molar-refractivity contribution is 6.42. The van der Waals surface area contributed by atoms with Crippen molar-refractivity contribution in [1.29, 1.82) is 0 Å². The van der Waals surface area contributed by atoms with E-state index < -0.39 is 6.10 Å². The van der Waals surface area contributed by atoms with Gasteiger partial charge in [0.1, 0.15) is 12.4 Å². The smallest absolute Gasteiger partial charge is 0.160 e. The summed E-state index contributed by atoms with van der Waals surface area (Å²) in [6.45, 7) is 3.93. The molecule has 6 heteroatoms. The normalized spacial score (nSPS) is 13.0. The number of rotatable bonds is 3. The molecule has 2 aromatic rings. The van der Waals surface area contributed by atoms with E-state index >= 15 is 0 Å². The minimum absolute atomic E-state index is 0.107. The van der Waals surface area contributed by atoms with Crippen molar-refractivity contribution in [1.82, 2.24) is 14.8 Å². The van der Waals surface area contributed by atoms with Gasteiger partial charge in [0.05, 0.1) is 10.0 Å². The first-order valence-corrected chi connectivity index (χ1v) is 6.29. The van der Waals surface area contributed by atoms with Crippen LogP contribution in [0.5, 0.6) is 0 Å². The van der Waals surface area contributed by atoms with E-state index in [9.17, 15) is 5.11 Å². The molecule has 1 unspecified atom stereocenters. The second-order valence-corrected chi connectivity index (χ2v) is 4.99. The lowest BCUT2D eigenvalue weighted by atomic mass is 10.1. The minimum atomic E-state index is -0.943. The van der Waals surface area contributed by atoms with Gasteiger partial charge in [-0.3, -0.25) is 0 Å². The van der Waals surface area contributed by atoms with Crippen molar-refractivity contribution in [2.24, 2.45) is 0 Å². The highest BCUT2D eigenvalue weighted by atomic mass is 35.5. The molecular weight excluding hydrogens is 273 g/mol. The van der Waals surface area contributed by atoms with Gasteiger partial charge in [-0.25, -0.2) is 9.67 Å². The Kier molecular flexibility index (Phi) is 3.90. The van der Waals surface area contributed by atoms with Crippen LogP contribution in [-0.4, -0.2) is 19.9 Å². The fourth-order valence-corrected chi connectivity index (χ4v) is 2.13. The van der Waals surface area contributed by atoms with E-state index in [2.05, 4.69) is 10.1 Å². The fraction of sp³-hybridized carbons (Fsp3) is 0.333. The van der Waals surface area contributed by atoms with Crippen LogP contribution >= 0.6 is 23.2 Å². The summed E-state index contributed by atoms with van der Waals surface area (Å²) in [5.74, 6) is 0.453. The van der Waals surface area contributed by atoms with E-state index in [0.717, 1.165) is 0 Å². The highest BCUT2D eigenvalue weighted by Crippen LogP contribution is 2.32. The summed E-state index contributed by atoms with van der Waals surface area (Å²) in [6, 6.07) is 5.24. The second kappa shape index (κ2) is 5.26. The first kappa shape index (κ1) is 13.3. The van der Waals surface area contributed by atoms with Crippen LogP contribution < -0.4 is 0 Å². The number of hydrogen-bond acceptors (Lipinski definition) is 3. The van der Waals surface area contributed by atoms with Crippen LogP contribution in [0.4, 0.5) is 0 Å². The number of aliphatic hydroxyl groups excluding tert-OH is 1. The molecule has 0 saturated carbocycles. The van der Waals surface area contributed by atoms with E-state index in [1.807, 2.05) is 13.8 Å². The maximum Gasteiger partial charge on any atom is 0.160 e. The molecule has 1 aromatic carbocycles. The Morgan fingerprint density at radius 3 is 2.67 bits per heavy atom. The van der Waals surface area contributed by atoms with Crippen LogP contribution in [0.15, 0.2) is 24.5 Å². The Morgan fingerprint density at radius 1 is 1.28 bits per heavy atom. The van der Waals surface area contributed by atoms with Crippen LogP contribution in [0.1, 0.15) is 37.4 Å². The average molecular weight is 286 g/mol. The zero-order valence-corrected chi connectivity index (χ0v) is 11.5. The maximum atomic E-state index is 10.3. The summed E-state index contributed by atoms with van der Waals surface area (Å²) in [5, 5.41) is 15.2. The van der Waals surface area contributed by atoms with Crippen LogP contribution in [0.3, 0.4) is 0 Å². The number of benzene rings is 1. The molecule has 1 heterocycles. The van der Waals surface area contributed by atoms with Crippen molar-refractivity contribution in [3.63, 3.8) is 0 Å². The Balaban J connectivity index is 2.45. The van der Waals surface area contributed by atoms with Gasteiger partial charge in [0.15, 0.2) is 5.82 Å². The standard InChI is InChI=1S/C12H13Cl2N3O/c1-7(2)17-12(15-6-16-17)11(18)8-4-3-5-9(13)10(8)14/h3-7,11,18H,1-2H3.